The van der Waals surface area contributed by atoms with Crippen LogP contribution in [-0.4, -0.2) is 9.38 Å². The van der Waals surface area contributed by atoms with E-state index in [1.54, 1.807) is 11.3 Å². The minimum Gasteiger partial charge on any atom is -0.437 e. The maximum Gasteiger partial charge on any atom is 0.243 e. The minimum atomic E-state index is 0.375. The van der Waals surface area contributed by atoms with Crippen LogP contribution in [0.25, 0.3) is 4.96 Å². The zero-order valence-corrected chi connectivity index (χ0v) is 10.4. The average molecular weight is 265 g/mol. The topological polar surface area (TPSA) is 26.5 Å². The second kappa shape index (κ2) is 4.39. The summed E-state index contributed by atoms with van der Waals surface area (Å²) in [4.78, 5) is 5.31. The minimum absolute atomic E-state index is 0.375. The Hall–Kier alpha value is -1.52. The second-order valence-corrected chi connectivity index (χ2v) is 4.61. The van der Waals surface area contributed by atoms with Gasteiger partial charge in [0, 0.05) is 11.6 Å². The third-order valence-corrected chi connectivity index (χ3v) is 3.42. The van der Waals surface area contributed by atoms with Gasteiger partial charge in [-0.2, -0.15) is 4.98 Å². The number of hydrogen-bond donors (Lipinski definition) is 0. The fourth-order valence-corrected chi connectivity index (χ4v) is 2.58. The zero-order chi connectivity index (χ0) is 11.7. The fraction of sp³-hybridized carbons (Fsp3) is 0.0833. The number of imidazole rings is 1. The molecule has 0 unspecified atom stereocenters. The van der Waals surface area contributed by atoms with E-state index in [9.17, 15) is 0 Å². The Bertz CT molecular complexity index is 632. The highest BCUT2D eigenvalue weighted by atomic mass is 35.5. The lowest BCUT2D eigenvalue weighted by Gasteiger charge is -2.03. The molecular weight excluding hydrogens is 256 g/mol. The van der Waals surface area contributed by atoms with E-state index in [2.05, 4.69) is 4.98 Å². The van der Waals surface area contributed by atoms with E-state index in [0.717, 1.165) is 16.4 Å². The molecule has 86 valence electrons. The van der Waals surface area contributed by atoms with Crippen LogP contribution in [0.4, 0.5) is 0 Å². The number of ether oxygens (including phenoxy) is 1. The van der Waals surface area contributed by atoms with Crippen LogP contribution < -0.4 is 4.74 Å². The predicted molar refractivity (Wildman–Crippen MR) is 69.1 cm³/mol. The molecule has 0 aliphatic heterocycles. The van der Waals surface area contributed by atoms with Gasteiger partial charge in [0.1, 0.15) is 11.4 Å². The molecule has 0 aliphatic rings. The van der Waals surface area contributed by atoms with Gasteiger partial charge < -0.3 is 4.74 Å². The molecule has 1 aromatic carbocycles. The Labute approximate surface area is 107 Å². The summed E-state index contributed by atoms with van der Waals surface area (Å²) in [5.74, 6) is 1.72. The highest BCUT2D eigenvalue weighted by molar-refractivity contribution is 7.15. The van der Waals surface area contributed by atoms with Crippen LogP contribution >= 0.6 is 22.9 Å². The Balaban J connectivity index is 2.02. The Kier molecular flexibility index (Phi) is 2.74. The summed E-state index contributed by atoms with van der Waals surface area (Å²) in [7, 11) is 0. The van der Waals surface area contributed by atoms with Gasteiger partial charge in [0.25, 0.3) is 0 Å². The number of aromatic nitrogens is 2. The zero-order valence-electron chi connectivity index (χ0n) is 8.84. The number of nitrogens with zero attached hydrogens (tertiary/aromatic N) is 2. The number of fused-ring (bicyclic) bond motifs is 1. The summed E-state index contributed by atoms with van der Waals surface area (Å²) in [6, 6.07) is 9.58. The molecule has 2 aromatic heterocycles. The van der Waals surface area contributed by atoms with Crippen LogP contribution in [-0.2, 0) is 5.88 Å². The molecule has 0 saturated carbocycles. The molecule has 5 heteroatoms. The molecule has 17 heavy (non-hydrogen) atoms. The van der Waals surface area contributed by atoms with Gasteiger partial charge >= 0.3 is 0 Å². The lowest BCUT2D eigenvalue weighted by atomic mass is 10.3. The fourth-order valence-electron chi connectivity index (χ4n) is 1.62. The predicted octanol–water partition coefficient (Wildman–Crippen LogP) is 3.93. The van der Waals surface area contributed by atoms with E-state index in [1.807, 2.05) is 46.3 Å². The van der Waals surface area contributed by atoms with Crippen LogP contribution in [0.5, 0.6) is 11.6 Å². The summed E-state index contributed by atoms with van der Waals surface area (Å²) in [6.45, 7) is 0. The molecule has 0 radical (unpaired) electrons. The number of alkyl halides is 1. The molecule has 0 atom stereocenters. The molecule has 3 nitrogen and oxygen atoms in total. The third-order valence-electron chi connectivity index (χ3n) is 2.41. The van der Waals surface area contributed by atoms with Crippen molar-refractivity contribution < 1.29 is 4.74 Å². The van der Waals surface area contributed by atoms with Gasteiger partial charge in [-0.1, -0.05) is 18.2 Å². The summed E-state index contributed by atoms with van der Waals surface area (Å²) >= 11 is 7.50. The Morgan fingerprint density at radius 2 is 2.12 bits per heavy atom. The highest BCUT2D eigenvalue weighted by Gasteiger charge is 2.13. The standard InChI is InChI=1S/C12H9ClN2OS/c13-8-10-11(14-12-15(10)6-7-17-12)16-9-4-2-1-3-5-9/h1-7H,8H2. The molecule has 0 fully saturated rings. The number of hydrogen-bond acceptors (Lipinski definition) is 3. The Morgan fingerprint density at radius 3 is 2.88 bits per heavy atom. The van der Waals surface area contributed by atoms with Crippen LogP contribution in [0.2, 0.25) is 0 Å². The van der Waals surface area contributed by atoms with Crippen molar-refractivity contribution in [2.75, 3.05) is 0 Å². The Morgan fingerprint density at radius 1 is 1.29 bits per heavy atom. The van der Waals surface area contributed by atoms with Crippen molar-refractivity contribution in [1.82, 2.24) is 9.38 Å². The van der Waals surface area contributed by atoms with E-state index in [4.69, 9.17) is 16.3 Å². The first-order valence-electron chi connectivity index (χ1n) is 5.12. The van der Waals surface area contributed by atoms with Gasteiger partial charge in [0.2, 0.25) is 5.88 Å². The number of rotatable bonds is 3. The maximum atomic E-state index is 5.94. The number of benzene rings is 1. The second-order valence-electron chi connectivity index (χ2n) is 3.47. The van der Waals surface area contributed by atoms with Crippen LogP contribution in [0.15, 0.2) is 41.9 Å². The van der Waals surface area contributed by atoms with Crippen molar-refractivity contribution in [3.8, 4) is 11.6 Å². The number of para-hydroxylation sites is 1. The lowest BCUT2D eigenvalue weighted by Crippen LogP contribution is -1.90. The van der Waals surface area contributed by atoms with Gasteiger partial charge in [0.15, 0.2) is 4.96 Å². The smallest absolute Gasteiger partial charge is 0.243 e. The van der Waals surface area contributed by atoms with Crippen molar-refractivity contribution in [1.29, 1.82) is 0 Å². The number of thiazole rings is 1. The summed E-state index contributed by atoms with van der Waals surface area (Å²) in [5, 5.41) is 1.98. The monoisotopic (exact) mass is 264 g/mol. The first-order valence-corrected chi connectivity index (χ1v) is 6.53. The van der Waals surface area contributed by atoms with Crippen molar-refractivity contribution >= 4 is 27.9 Å². The van der Waals surface area contributed by atoms with Gasteiger partial charge in [-0.3, -0.25) is 4.40 Å². The highest BCUT2D eigenvalue weighted by Crippen LogP contribution is 2.28. The molecule has 3 aromatic rings. The van der Waals surface area contributed by atoms with Gasteiger partial charge in [0.05, 0.1) is 5.88 Å². The van der Waals surface area contributed by atoms with Crippen molar-refractivity contribution in [3.05, 3.63) is 47.6 Å². The first-order chi connectivity index (χ1) is 8.38. The lowest BCUT2D eigenvalue weighted by molar-refractivity contribution is 0.461. The molecule has 0 spiro atoms. The molecule has 0 bridgehead atoms. The molecule has 2 heterocycles. The van der Waals surface area contributed by atoms with E-state index in [-0.39, 0.29) is 0 Å². The SMILES string of the molecule is ClCc1c(Oc2ccccc2)nc2sccn12. The van der Waals surface area contributed by atoms with Crippen LogP contribution in [0.1, 0.15) is 5.69 Å². The molecule has 3 rings (SSSR count). The van der Waals surface area contributed by atoms with Crippen molar-refractivity contribution in [3.63, 3.8) is 0 Å². The van der Waals surface area contributed by atoms with Crippen LogP contribution in [0.3, 0.4) is 0 Å². The molecule has 0 N–H and O–H groups in total. The largest absolute Gasteiger partial charge is 0.437 e. The summed E-state index contributed by atoms with van der Waals surface area (Å²) in [6.07, 6.45) is 1.95. The molecule has 0 aliphatic carbocycles. The van der Waals surface area contributed by atoms with E-state index < -0.39 is 0 Å². The molecule has 0 amide bonds. The summed E-state index contributed by atoms with van der Waals surface area (Å²) in [5.41, 5.74) is 0.881. The van der Waals surface area contributed by atoms with E-state index in [0.29, 0.717) is 11.8 Å². The number of halogens is 1. The normalized spacial score (nSPS) is 10.9. The van der Waals surface area contributed by atoms with Gasteiger partial charge in [-0.15, -0.1) is 22.9 Å². The molecular formula is C12H9ClN2OS. The quantitative estimate of drug-likeness (QED) is 0.670. The van der Waals surface area contributed by atoms with Gasteiger partial charge in [-0.05, 0) is 12.1 Å². The van der Waals surface area contributed by atoms with Gasteiger partial charge in [-0.25, -0.2) is 0 Å². The maximum absolute atomic E-state index is 5.94. The third kappa shape index (κ3) is 1.90. The average Bonchev–Trinajstić information content (AvgIpc) is 2.90. The first kappa shape index (κ1) is 10.6. The van der Waals surface area contributed by atoms with Crippen LogP contribution in [0, 0.1) is 0 Å². The van der Waals surface area contributed by atoms with Crippen molar-refractivity contribution in [2.45, 2.75) is 5.88 Å². The van der Waals surface area contributed by atoms with E-state index in [1.165, 1.54) is 0 Å². The summed E-state index contributed by atoms with van der Waals surface area (Å²) < 4.78 is 7.69. The van der Waals surface area contributed by atoms with E-state index >= 15 is 0 Å². The van der Waals surface area contributed by atoms with Crippen molar-refractivity contribution in [2.24, 2.45) is 0 Å². The molecule has 0 saturated heterocycles.